The maximum Gasteiger partial charge on any atom is 0.295 e. The van der Waals surface area contributed by atoms with E-state index < -0.39 is 0 Å². The van der Waals surface area contributed by atoms with Crippen LogP contribution in [0.2, 0.25) is 5.02 Å². The molecule has 1 saturated heterocycles. The minimum absolute atomic E-state index is 0.153. The number of halogens is 1. The van der Waals surface area contributed by atoms with Gasteiger partial charge in [-0.1, -0.05) is 35.9 Å². The van der Waals surface area contributed by atoms with Crippen molar-refractivity contribution in [2.75, 3.05) is 42.6 Å². The molecule has 33 heavy (non-hydrogen) atoms. The average molecular weight is 465 g/mol. The summed E-state index contributed by atoms with van der Waals surface area (Å²) in [6.45, 7) is 5.62. The van der Waals surface area contributed by atoms with E-state index in [0.717, 1.165) is 48.6 Å². The van der Waals surface area contributed by atoms with Gasteiger partial charge in [0.05, 0.1) is 35.2 Å². The number of para-hydroxylation sites is 4. The van der Waals surface area contributed by atoms with Crippen LogP contribution in [0.25, 0.3) is 17.0 Å². The molecule has 0 radical (unpaired) electrons. The molecule has 0 spiro atoms. The summed E-state index contributed by atoms with van der Waals surface area (Å²) in [6.07, 6.45) is 1.66. The number of benzene rings is 2. The molecule has 1 fully saturated rings. The molecular weight excluding hydrogens is 440 g/mol. The number of rotatable bonds is 5. The maximum absolute atomic E-state index is 13.1. The Kier molecular flexibility index (Phi) is 5.68. The molecule has 1 aliphatic rings. The van der Waals surface area contributed by atoms with Crippen LogP contribution in [0.4, 0.5) is 11.4 Å². The van der Waals surface area contributed by atoms with Crippen molar-refractivity contribution in [1.82, 2.24) is 19.3 Å². The smallest absolute Gasteiger partial charge is 0.295 e. The van der Waals surface area contributed by atoms with E-state index in [-0.39, 0.29) is 10.6 Å². The molecule has 5 rings (SSSR count). The van der Waals surface area contributed by atoms with Crippen molar-refractivity contribution in [3.63, 3.8) is 0 Å². The number of ether oxygens (including phenoxy) is 1. The lowest BCUT2D eigenvalue weighted by molar-refractivity contribution is 0.340. The van der Waals surface area contributed by atoms with E-state index in [4.69, 9.17) is 16.3 Å². The first kappa shape index (κ1) is 21.3. The largest absolute Gasteiger partial charge is 0.492 e. The number of hydrogen-bond donors (Lipinski definition) is 0. The predicted molar refractivity (Wildman–Crippen MR) is 131 cm³/mol. The first-order valence-corrected chi connectivity index (χ1v) is 11.4. The van der Waals surface area contributed by atoms with Gasteiger partial charge in [0.15, 0.2) is 0 Å². The van der Waals surface area contributed by atoms with Gasteiger partial charge in [-0.15, -0.1) is 0 Å². The van der Waals surface area contributed by atoms with Gasteiger partial charge in [-0.05, 0) is 31.2 Å². The van der Waals surface area contributed by atoms with Gasteiger partial charge in [0, 0.05) is 33.2 Å². The van der Waals surface area contributed by atoms with Crippen LogP contribution in [0, 0.1) is 0 Å². The van der Waals surface area contributed by atoms with Crippen molar-refractivity contribution < 1.29 is 4.74 Å². The summed E-state index contributed by atoms with van der Waals surface area (Å²) in [4.78, 5) is 22.1. The molecule has 9 heteroatoms. The Morgan fingerprint density at radius 2 is 1.64 bits per heavy atom. The molecule has 0 N–H and O–H groups in total. The normalized spacial score (nSPS) is 14.2. The van der Waals surface area contributed by atoms with Gasteiger partial charge in [-0.2, -0.15) is 9.78 Å². The lowest BCUT2D eigenvalue weighted by Gasteiger charge is -2.37. The highest BCUT2D eigenvalue weighted by Crippen LogP contribution is 2.30. The molecule has 0 amide bonds. The molecule has 0 saturated carbocycles. The molecular formula is C24H25ClN6O2. The van der Waals surface area contributed by atoms with Crippen LogP contribution in [0.5, 0.6) is 5.75 Å². The summed E-state index contributed by atoms with van der Waals surface area (Å²) in [5, 5.41) is 4.57. The van der Waals surface area contributed by atoms with Gasteiger partial charge in [-0.3, -0.25) is 4.79 Å². The van der Waals surface area contributed by atoms with Crippen LogP contribution in [-0.2, 0) is 7.05 Å². The highest BCUT2D eigenvalue weighted by Gasteiger charge is 2.24. The van der Waals surface area contributed by atoms with E-state index in [1.165, 1.54) is 4.68 Å². The van der Waals surface area contributed by atoms with Crippen molar-refractivity contribution in [1.29, 1.82) is 0 Å². The van der Waals surface area contributed by atoms with Crippen molar-refractivity contribution in [3.05, 3.63) is 70.1 Å². The van der Waals surface area contributed by atoms with Gasteiger partial charge in [-0.25, -0.2) is 4.98 Å². The van der Waals surface area contributed by atoms with Gasteiger partial charge >= 0.3 is 0 Å². The zero-order valence-corrected chi connectivity index (χ0v) is 19.4. The number of nitrogens with zero attached hydrogens (tertiary/aromatic N) is 6. The number of aryl methyl sites for hydroxylation is 1. The van der Waals surface area contributed by atoms with Crippen LogP contribution in [0.15, 0.2) is 59.5 Å². The molecule has 1 aliphatic heterocycles. The van der Waals surface area contributed by atoms with E-state index in [1.807, 2.05) is 61.0 Å². The van der Waals surface area contributed by atoms with Gasteiger partial charge in [0.2, 0.25) is 5.95 Å². The molecule has 0 bridgehead atoms. The minimum atomic E-state index is -0.378. The summed E-state index contributed by atoms with van der Waals surface area (Å²) in [5.41, 5.74) is 3.07. The molecule has 8 nitrogen and oxygen atoms in total. The molecule has 4 aromatic rings. The Balaban J connectivity index is 1.39. The summed E-state index contributed by atoms with van der Waals surface area (Å²) >= 11 is 6.57. The quantitative estimate of drug-likeness (QED) is 0.450. The van der Waals surface area contributed by atoms with Crippen molar-refractivity contribution in [2.24, 2.45) is 7.05 Å². The molecule has 0 unspecified atom stereocenters. The van der Waals surface area contributed by atoms with Crippen LogP contribution >= 0.6 is 11.6 Å². The fourth-order valence-electron chi connectivity index (χ4n) is 4.29. The second-order valence-electron chi connectivity index (χ2n) is 7.90. The fourth-order valence-corrected chi connectivity index (χ4v) is 4.54. The Morgan fingerprint density at radius 1 is 0.970 bits per heavy atom. The molecule has 170 valence electrons. The zero-order chi connectivity index (χ0) is 22.9. The van der Waals surface area contributed by atoms with Crippen LogP contribution < -0.4 is 20.1 Å². The first-order chi connectivity index (χ1) is 16.1. The molecule has 3 heterocycles. The SMILES string of the molecule is CCOc1ccccc1N1CCN(c2cnn(-c3nc4ccccc4n3C)c(=O)c2Cl)CC1. The van der Waals surface area contributed by atoms with Crippen molar-refractivity contribution in [3.8, 4) is 11.7 Å². The van der Waals surface area contributed by atoms with Crippen LogP contribution in [-0.4, -0.2) is 52.1 Å². The number of aromatic nitrogens is 4. The molecule has 0 aliphatic carbocycles. The topological polar surface area (TPSA) is 68.4 Å². The van der Waals surface area contributed by atoms with E-state index in [2.05, 4.69) is 25.9 Å². The minimum Gasteiger partial charge on any atom is -0.492 e. The van der Waals surface area contributed by atoms with E-state index in [1.54, 1.807) is 6.20 Å². The summed E-state index contributed by atoms with van der Waals surface area (Å²) in [7, 11) is 1.86. The molecule has 2 aromatic heterocycles. The third-order valence-electron chi connectivity index (χ3n) is 5.98. The fraction of sp³-hybridized carbons (Fsp3) is 0.292. The number of piperazine rings is 1. The number of anilines is 2. The second-order valence-corrected chi connectivity index (χ2v) is 8.27. The first-order valence-electron chi connectivity index (χ1n) is 11.0. The van der Waals surface area contributed by atoms with E-state index in [9.17, 15) is 4.79 Å². The summed E-state index contributed by atoms with van der Waals surface area (Å²) < 4.78 is 8.89. The number of hydrogen-bond acceptors (Lipinski definition) is 6. The van der Waals surface area contributed by atoms with Crippen LogP contribution in [0.3, 0.4) is 0 Å². The number of fused-ring (bicyclic) bond motifs is 1. The maximum atomic E-state index is 13.1. The van der Waals surface area contributed by atoms with E-state index in [0.29, 0.717) is 18.2 Å². The van der Waals surface area contributed by atoms with Gasteiger partial charge < -0.3 is 19.1 Å². The molecule has 2 aromatic carbocycles. The lowest BCUT2D eigenvalue weighted by Crippen LogP contribution is -2.47. The summed E-state index contributed by atoms with van der Waals surface area (Å²) in [5.74, 6) is 1.32. The van der Waals surface area contributed by atoms with Gasteiger partial charge in [0.1, 0.15) is 10.8 Å². The van der Waals surface area contributed by atoms with Crippen molar-refractivity contribution >= 4 is 34.0 Å². The standard InChI is InChI=1S/C24H25ClN6O2/c1-3-33-21-11-7-6-10-19(21)29-12-14-30(15-13-29)20-16-26-31(23(32)22(20)25)24-27-17-8-4-5-9-18(17)28(24)2/h4-11,16H,3,12-15H2,1-2H3. The summed E-state index contributed by atoms with van der Waals surface area (Å²) in [6, 6.07) is 15.8. The highest BCUT2D eigenvalue weighted by atomic mass is 35.5. The Hall–Kier alpha value is -3.52. The Bertz CT molecular complexity index is 1360. The third kappa shape index (κ3) is 3.80. The molecule has 0 atom stereocenters. The number of imidazole rings is 1. The predicted octanol–water partition coefficient (Wildman–Crippen LogP) is 3.50. The lowest BCUT2D eigenvalue weighted by atomic mass is 10.2. The Morgan fingerprint density at radius 3 is 2.36 bits per heavy atom. The monoisotopic (exact) mass is 464 g/mol. The van der Waals surface area contributed by atoms with Crippen molar-refractivity contribution in [2.45, 2.75) is 6.92 Å². The Labute approximate surface area is 196 Å². The third-order valence-corrected chi connectivity index (χ3v) is 6.33. The average Bonchev–Trinajstić information content (AvgIpc) is 3.18. The van der Waals surface area contributed by atoms with Gasteiger partial charge in [0.25, 0.3) is 5.56 Å². The highest BCUT2D eigenvalue weighted by molar-refractivity contribution is 6.33. The van der Waals surface area contributed by atoms with Crippen LogP contribution in [0.1, 0.15) is 6.92 Å². The van der Waals surface area contributed by atoms with E-state index >= 15 is 0 Å². The second kappa shape index (κ2) is 8.78. The zero-order valence-electron chi connectivity index (χ0n) is 18.6.